The largest absolute Gasteiger partial charge is 0.298 e. The molecule has 100 valence electrons. The highest BCUT2D eigenvalue weighted by Crippen LogP contribution is 2.25. The van der Waals surface area contributed by atoms with Gasteiger partial charge in [-0.15, -0.1) is 0 Å². The normalized spacial score (nSPS) is 10.7. The first kappa shape index (κ1) is 13.7. The molecule has 0 unspecified atom stereocenters. The number of carbonyl (C=O) groups is 1. The summed E-state index contributed by atoms with van der Waals surface area (Å²) in [5.74, 6) is -1.47. The van der Waals surface area contributed by atoms with Crippen molar-refractivity contribution in [2.45, 2.75) is 19.8 Å². The molecule has 1 aromatic carbocycles. The molecule has 0 fully saturated rings. The van der Waals surface area contributed by atoms with Gasteiger partial charge < -0.3 is 0 Å². The quantitative estimate of drug-likeness (QED) is 0.805. The zero-order valence-corrected chi connectivity index (χ0v) is 10.9. The molecular formula is C13H11ClF2N2O. The molecule has 0 bridgehead atoms. The number of hydrogen-bond donors (Lipinski definition) is 0. The summed E-state index contributed by atoms with van der Waals surface area (Å²) in [5.41, 5.74) is 0.760. The summed E-state index contributed by atoms with van der Waals surface area (Å²) in [4.78, 5) is 11.0. The summed E-state index contributed by atoms with van der Waals surface area (Å²) in [5, 5.41) is 4.15. The van der Waals surface area contributed by atoms with Crippen LogP contribution >= 0.6 is 11.6 Å². The number of halogens is 3. The van der Waals surface area contributed by atoms with Crippen LogP contribution in [-0.2, 0) is 6.42 Å². The van der Waals surface area contributed by atoms with E-state index in [4.69, 9.17) is 11.6 Å². The fourth-order valence-electron chi connectivity index (χ4n) is 1.80. The smallest absolute Gasteiger partial charge is 0.155 e. The van der Waals surface area contributed by atoms with E-state index in [9.17, 15) is 13.6 Å². The number of hydrogen-bond acceptors (Lipinski definition) is 2. The van der Waals surface area contributed by atoms with Crippen molar-refractivity contribution in [1.82, 2.24) is 9.78 Å². The predicted molar refractivity (Wildman–Crippen MR) is 67.9 cm³/mol. The minimum atomic E-state index is -0.787. The van der Waals surface area contributed by atoms with Crippen molar-refractivity contribution in [1.29, 1.82) is 0 Å². The second-order valence-electron chi connectivity index (χ2n) is 4.03. The predicted octanol–water partition coefficient (Wildman–Crippen LogP) is 3.57. The molecule has 6 heteroatoms. The Bertz CT molecular complexity index is 625. The van der Waals surface area contributed by atoms with Crippen molar-refractivity contribution >= 4 is 17.9 Å². The van der Waals surface area contributed by atoms with Gasteiger partial charge in [0.25, 0.3) is 0 Å². The first-order chi connectivity index (χ1) is 9.08. The van der Waals surface area contributed by atoms with E-state index in [0.29, 0.717) is 18.4 Å². The molecule has 1 heterocycles. The van der Waals surface area contributed by atoms with E-state index in [1.54, 1.807) is 0 Å². The van der Waals surface area contributed by atoms with Crippen molar-refractivity contribution in [3.63, 3.8) is 0 Å². The van der Waals surface area contributed by atoms with Crippen LogP contribution in [0.15, 0.2) is 18.2 Å². The highest BCUT2D eigenvalue weighted by molar-refractivity contribution is 6.32. The molecule has 0 atom stereocenters. The standard InChI is InChI=1S/C13H11ClF2N2O/c1-2-3-11-9(7-19)13(14)18(17-11)12-5-4-8(15)6-10(12)16/h4-7H,2-3H2,1H3. The lowest BCUT2D eigenvalue weighted by Crippen LogP contribution is -2.01. The first-order valence-corrected chi connectivity index (χ1v) is 6.14. The van der Waals surface area contributed by atoms with Crippen LogP contribution in [0.5, 0.6) is 0 Å². The van der Waals surface area contributed by atoms with Gasteiger partial charge in [0.05, 0.1) is 11.3 Å². The summed E-state index contributed by atoms with van der Waals surface area (Å²) >= 11 is 6.02. The van der Waals surface area contributed by atoms with Crippen LogP contribution in [0.1, 0.15) is 29.4 Å². The fraction of sp³-hybridized carbons (Fsp3) is 0.231. The number of aryl methyl sites for hydroxylation is 1. The van der Waals surface area contributed by atoms with Gasteiger partial charge in [0, 0.05) is 6.07 Å². The highest BCUT2D eigenvalue weighted by atomic mass is 35.5. The number of nitrogens with zero attached hydrogens (tertiary/aromatic N) is 2. The maximum atomic E-state index is 13.7. The molecule has 0 saturated heterocycles. The second kappa shape index (κ2) is 5.48. The summed E-state index contributed by atoms with van der Waals surface area (Å²) in [6, 6.07) is 3.08. The number of aldehydes is 1. The number of carbonyl (C=O) groups excluding carboxylic acids is 1. The van der Waals surface area contributed by atoms with E-state index in [1.165, 1.54) is 6.07 Å². The molecule has 2 rings (SSSR count). The molecule has 0 saturated carbocycles. The second-order valence-corrected chi connectivity index (χ2v) is 4.38. The third kappa shape index (κ3) is 2.51. The Kier molecular flexibility index (Phi) is 3.95. The van der Waals surface area contributed by atoms with Gasteiger partial charge >= 0.3 is 0 Å². The van der Waals surface area contributed by atoms with Crippen LogP contribution < -0.4 is 0 Å². The number of benzene rings is 1. The third-order valence-electron chi connectivity index (χ3n) is 2.68. The number of aromatic nitrogens is 2. The minimum Gasteiger partial charge on any atom is -0.298 e. The van der Waals surface area contributed by atoms with Crippen LogP contribution in [0, 0.1) is 11.6 Å². The van der Waals surface area contributed by atoms with Crippen molar-refractivity contribution < 1.29 is 13.6 Å². The molecule has 0 spiro atoms. The zero-order valence-electron chi connectivity index (χ0n) is 10.2. The van der Waals surface area contributed by atoms with Gasteiger partial charge in [-0.05, 0) is 18.6 Å². The lowest BCUT2D eigenvalue weighted by molar-refractivity contribution is 0.112. The Morgan fingerprint density at radius 3 is 2.74 bits per heavy atom. The lowest BCUT2D eigenvalue weighted by atomic mass is 10.2. The highest BCUT2D eigenvalue weighted by Gasteiger charge is 2.18. The average molecular weight is 285 g/mol. The van der Waals surface area contributed by atoms with Crippen molar-refractivity contribution in [2.24, 2.45) is 0 Å². The SMILES string of the molecule is CCCc1nn(-c2ccc(F)cc2F)c(Cl)c1C=O. The minimum absolute atomic E-state index is 0.0110. The third-order valence-corrected chi connectivity index (χ3v) is 3.05. The van der Waals surface area contributed by atoms with Gasteiger partial charge in [0.2, 0.25) is 0 Å². The first-order valence-electron chi connectivity index (χ1n) is 5.76. The van der Waals surface area contributed by atoms with E-state index < -0.39 is 11.6 Å². The van der Waals surface area contributed by atoms with E-state index in [0.717, 1.165) is 23.2 Å². The van der Waals surface area contributed by atoms with E-state index in [2.05, 4.69) is 5.10 Å². The number of rotatable bonds is 4. The molecular weight excluding hydrogens is 274 g/mol. The molecule has 0 amide bonds. The summed E-state index contributed by atoms with van der Waals surface area (Å²) in [6.45, 7) is 1.93. The van der Waals surface area contributed by atoms with Gasteiger partial charge in [-0.2, -0.15) is 5.10 Å². The lowest BCUT2D eigenvalue weighted by Gasteiger charge is -2.04. The van der Waals surface area contributed by atoms with Crippen molar-refractivity contribution in [3.8, 4) is 5.69 Å². The van der Waals surface area contributed by atoms with Crippen LogP contribution in [0.3, 0.4) is 0 Å². The molecule has 0 aliphatic carbocycles. The summed E-state index contributed by atoms with van der Waals surface area (Å²) < 4.78 is 27.7. The van der Waals surface area contributed by atoms with Crippen LogP contribution in [0.4, 0.5) is 8.78 Å². The molecule has 0 aliphatic heterocycles. The fourth-order valence-corrected chi connectivity index (χ4v) is 2.08. The van der Waals surface area contributed by atoms with Crippen molar-refractivity contribution in [3.05, 3.63) is 46.2 Å². The molecule has 1 aromatic heterocycles. The summed E-state index contributed by atoms with van der Waals surface area (Å²) in [7, 11) is 0. The summed E-state index contributed by atoms with van der Waals surface area (Å²) in [6.07, 6.45) is 1.93. The average Bonchev–Trinajstić information content (AvgIpc) is 2.66. The van der Waals surface area contributed by atoms with Gasteiger partial charge in [-0.25, -0.2) is 13.5 Å². The van der Waals surface area contributed by atoms with E-state index >= 15 is 0 Å². The van der Waals surface area contributed by atoms with Crippen LogP contribution in [0.2, 0.25) is 5.15 Å². The Hall–Kier alpha value is -1.75. The van der Waals surface area contributed by atoms with Gasteiger partial charge in [0.15, 0.2) is 12.1 Å². The Labute approximate surface area is 113 Å². The molecule has 2 aromatic rings. The van der Waals surface area contributed by atoms with Crippen molar-refractivity contribution in [2.75, 3.05) is 0 Å². The molecule has 3 nitrogen and oxygen atoms in total. The monoisotopic (exact) mass is 284 g/mol. The molecule has 0 aliphatic rings. The van der Waals surface area contributed by atoms with Crippen LogP contribution in [-0.4, -0.2) is 16.1 Å². The molecule has 0 N–H and O–H groups in total. The Morgan fingerprint density at radius 2 is 2.16 bits per heavy atom. The van der Waals surface area contributed by atoms with E-state index in [1.807, 2.05) is 6.92 Å². The zero-order chi connectivity index (χ0) is 14.0. The Balaban J connectivity index is 2.59. The maximum Gasteiger partial charge on any atom is 0.155 e. The molecule has 0 radical (unpaired) electrons. The Morgan fingerprint density at radius 1 is 1.42 bits per heavy atom. The van der Waals surface area contributed by atoms with E-state index in [-0.39, 0.29) is 16.4 Å². The topological polar surface area (TPSA) is 34.9 Å². The van der Waals surface area contributed by atoms with Crippen LogP contribution in [0.25, 0.3) is 5.69 Å². The van der Waals surface area contributed by atoms with Gasteiger partial charge in [0.1, 0.15) is 16.7 Å². The van der Waals surface area contributed by atoms with Gasteiger partial charge in [-0.1, -0.05) is 24.9 Å². The maximum absolute atomic E-state index is 13.7. The molecule has 19 heavy (non-hydrogen) atoms. The van der Waals surface area contributed by atoms with Gasteiger partial charge in [-0.3, -0.25) is 4.79 Å².